The van der Waals surface area contributed by atoms with E-state index in [-0.39, 0.29) is 23.7 Å². The molecule has 1 amide bonds. The molecule has 0 aliphatic heterocycles. The largest absolute Gasteiger partial charge is 0.452 e. The molecule has 0 heterocycles. The number of rotatable bonds is 6. The SMILES string of the molecule is C[C@@H](OC(=O)CSc1ccc2ccccc2c1)C(=O)N(C)C1CCCCC1. The van der Waals surface area contributed by atoms with Crippen molar-refractivity contribution >= 4 is 34.4 Å². The van der Waals surface area contributed by atoms with Crippen molar-refractivity contribution in [2.24, 2.45) is 0 Å². The van der Waals surface area contributed by atoms with Gasteiger partial charge in [-0.1, -0.05) is 49.6 Å². The van der Waals surface area contributed by atoms with Crippen molar-refractivity contribution in [2.75, 3.05) is 12.8 Å². The third kappa shape index (κ3) is 5.25. The minimum atomic E-state index is -0.735. The van der Waals surface area contributed by atoms with Crippen LogP contribution in [-0.2, 0) is 14.3 Å². The molecule has 1 saturated carbocycles. The lowest BCUT2D eigenvalue weighted by Gasteiger charge is -2.32. The molecule has 0 N–H and O–H groups in total. The molecule has 0 saturated heterocycles. The summed E-state index contributed by atoms with van der Waals surface area (Å²) in [5.41, 5.74) is 0. The highest BCUT2D eigenvalue weighted by Crippen LogP contribution is 2.24. The second-order valence-electron chi connectivity index (χ2n) is 7.17. The molecule has 1 fully saturated rings. The summed E-state index contributed by atoms with van der Waals surface area (Å²) < 4.78 is 5.38. The van der Waals surface area contributed by atoms with Gasteiger partial charge in [-0.2, -0.15) is 0 Å². The maximum Gasteiger partial charge on any atom is 0.317 e. The second kappa shape index (κ2) is 9.27. The lowest BCUT2D eigenvalue weighted by atomic mass is 9.94. The molecule has 0 spiro atoms. The Kier molecular flexibility index (Phi) is 6.78. The van der Waals surface area contributed by atoms with Crippen LogP contribution in [0.5, 0.6) is 0 Å². The van der Waals surface area contributed by atoms with Crippen LogP contribution in [-0.4, -0.2) is 41.7 Å². The Hall–Kier alpha value is -2.01. The first-order chi connectivity index (χ1) is 13.0. The Morgan fingerprint density at radius 1 is 1.11 bits per heavy atom. The molecule has 27 heavy (non-hydrogen) atoms. The molecular weight excluding hydrogens is 358 g/mol. The lowest BCUT2D eigenvalue weighted by molar-refractivity contribution is -0.157. The molecule has 2 aromatic rings. The first-order valence-electron chi connectivity index (χ1n) is 9.62. The number of fused-ring (bicyclic) bond motifs is 1. The van der Waals surface area contributed by atoms with Crippen LogP contribution in [0.15, 0.2) is 47.4 Å². The average molecular weight is 386 g/mol. The first kappa shape index (κ1) is 19.7. The molecular formula is C22H27NO3S. The number of nitrogens with zero attached hydrogens (tertiary/aromatic N) is 1. The number of ether oxygens (including phenoxy) is 1. The van der Waals surface area contributed by atoms with E-state index in [4.69, 9.17) is 4.74 Å². The van der Waals surface area contributed by atoms with E-state index in [0.717, 1.165) is 23.1 Å². The third-order valence-electron chi connectivity index (χ3n) is 5.20. The Morgan fingerprint density at radius 3 is 2.56 bits per heavy atom. The number of thioether (sulfide) groups is 1. The molecule has 0 unspecified atom stereocenters. The maximum atomic E-state index is 12.5. The van der Waals surface area contributed by atoms with Crippen molar-refractivity contribution < 1.29 is 14.3 Å². The van der Waals surface area contributed by atoms with E-state index < -0.39 is 6.10 Å². The number of esters is 1. The summed E-state index contributed by atoms with van der Waals surface area (Å²) in [5, 5.41) is 2.32. The summed E-state index contributed by atoms with van der Waals surface area (Å²) in [4.78, 5) is 27.5. The van der Waals surface area contributed by atoms with Crippen molar-refractivity contribution in [1.82, 2.24) is 4.90 Å². The first-order valence-corrected chi connectivity index (χ1v) is 10.6. The molecule has 0 aromatic heterocycles. The van der Waals surface area contributed by atoms with Gasteiger partial charge >= 0.3 is 5.97 Å². The molecule has 1 aliphatic carbocycles. The molecule has 0 radical (unpaired) electrons. The van der Waals surface area contributed by atoms with E-state index in [9.17, 15) is 9.59 Å². The number of benzene rings is 2. The smallest absolute Gasteiger partial charge is 0.317 e. The average Bonchev–Trinajstić information content (AvgIpc) is 2.71. The molecule has 144 valence electrons. The normalized spacial score (nSPS) is 16.1. The Labute approximate surface area is 165 Å². The molecule has 2 aromatic carbocycles. The highest BCUT2D eigenvalue weighted by molar-refractivity contribution is 8.00. The van der Waals surface area contributed by atoms with Gasteiger partial charge in [0.15, 0.2) is 6.10 Å². The third-order valence-corrected chi connectivity index (χ3v) is 6.17. The van der Waals surface area contributed by atoms with Crippen LogP contribution in [0.2, 0.25) is 0 Å². The second-order valence-corrected chi connectivity index (χ2v) is 8.22. The van der Waals surface area contributed by atoms with E-state index in [1.807, 2.05) is 31.3 Å². The van der Waals surface area contributed by atoms with Crippen LogP contribution in [0.3, 0.4) is 0 Å². The van der Waals surface area contributed by atoms with E-state index in [1.165, 1.54) is 36.4 Å². The summed E-state index contributed by atoms with van der Waals surface area (Å²) in [5.74, 6) is -0.264. The van der Waals surface area contributed by atoms with Crippen LogP contribution in [0.4, 0.5) is 0 Å². The summed E-state index contributed by atoms with van der Waals surface area (Å²) in [7, 11) is 1.83. The number of hydrogen-bond donors (Lipinski definition) is 0. The maximum absolute atomic E-state index is 12.5. The van der Waals surface area contributed by atoms with Crippen molar-refractivity contribution in [3.05, 3.63) is 42.5 Å². The van der Waals surface area contributed by atoms with Crippen molar-refractivity contribution in [3.63, 3.8) is 0 Å². The summed E-state index contributed by atoms with van der Waals surface area (Å²) in [6.07, 6.45) is 4.93. The van der Waals surface area contributed by atoms with Crippen LogP contribution in [0, 0.1) is 0 Å². The summed E-state index contributed by atoms with van der Waals surface area (Å²) in [6.45, 7) is 1.67. The lowest BCUT2D eigenvalue weighted by Crippen LogP contribution is -2.44. The summed E-state index contributed by atoms with van der Waals surface area (Å²) in [6, 6.07) is 14.5. The van der Waals surface area contributed by atoms with Crippen molar-refractivity contribution in [3.8, 4) is 0 Å². The van der Waals surface area contributed by atoms with Crippen LogP contribution < -0.4 is 0 Å². The van der Waals surface area contributed by atoms with Gasteiger partial charge in [-0.05, 0) is 42.7 Å². The van der Waals surface area contributed by atoms with Gasteiger partial charge in [0.1, 0.15) is 0 Å². The molecule has 3 rings (SSSR count). The fraction of sp³-hybridized carbons (Fsp3) is 0.455. The fourth-order valence-electron chi connectivity index (χ4n) is 3.62. The zero-order valence-corrected chi connectivity index (χ0v) is 16.8. The van der Waals surface area contributed by atoms with Gasteiger partial charge in [0, 0.05) is 18.0 Å². The minimum absolute atomic E-state index is 0.106. The van der Waals surface area contributed by atoms with Gasteiger partial charge in [0.05, 0.1) is 5.75 Å². The standard InChI is InChI=1S/C22H27NO3S/c1-16(22(25)23(2)19-10-4-3-5-11-19)26-21(24)15-27-20-13-12-17-8-6-7-9-18(17)14-20/h6-9,12-14,16,19H,3-5,10-11,15H2,1-2H3/t16-/m1/s1. The van der Waals surface area contributed by atoms with Gasteiger partial charge in [-0.15, -0.1) is 11.8 Å². The van der Waals surface area contributed by atoms with E-state index in [2.05, 4.69) is 18.2 Å². The molecule has 1 aliphatic rings. The monoisotopic (exact) mass is 385 g/mol. The molecule has 0 bridgehead atoms. The van der Waals surface area contributed by atoms with Gasteiger partial charge in [0.25, 0.3) is 5.91 Å². The van der Waals surface area contributed by atoms with Gasteiger partial charge in [0.2, 0.25) is 0 Å². The van der Waals surface area contributed by atoms with Gasteiger partial charge in [-0.3, -0.25) is 9.59 Å². The molecule has 5 heteroatoms. The highest BCUT2D eigenvalue weighted by atomic mass is 32.2. The number of carbonyl (C=O) groups excluding carboxylic acids is 2. The Balaban J connectivity index is 1.49. The Bertz CT molecular complexity index is 801. The quantitative estimate of drug-likeness (QED) is 0.536. The number of likely N-dealkylation sites (N-methyl/N-ethyl adjacent to an activating group) is 1. The van der Waals surface area contributed by atoms with Crippen molar-refractivity contribution in [2.45, 2.75) is 56.1 Å². The molecule has 4 nitrogen and oxygen atoms in total. The highest BCUT2D eigenvalue weighted by Gasteiger charge is 2.27. The van der Waals surface area contributed by atoms with Gasteiger partial charge in [-0.25, -0.2) is 0 Å². The number of carbonyl (C=O) groups is 2. The Morgan fingerprint density at radius 2 is 1.81 bits per heavy atom. The number of amides is 1. The molecule has 1 atom stereocenters. The summed E-state index contributed by atoms with van der Waals surface area (Å²) >= 11 is 1.43. The van der Waals surface area contributed by atoms with Crippen LogP contribution in [0.25, 0.3) is 10.8 Å². The number of hydrogen-bond acceptors (Lipinski definition) is 4. The van der Waals surface area contributed by atoms with Gasteiger partial charge < -0.3 is 9.64 Å². The minimum Gasteiger partial charge on any atom is -0.452 e. The van der Waals surface area contributed by atoms with E-state index in [0.29, 0.717) is 0 Å². The topological polar surface area (TPSA) is 46.6 Å². The van der Waals surface area contributed by atoms with E-state index in [1.54, 1.807) is 11.8 Å². The van der Waals surface area contributed by atoms with Crippen molar-refractivity contribution in [1.29, 1.82) is 0 Å². The van der Waals surface area contributed by atoms with Crippen LogP contribution in [0.1, 0.15) is 39.0 Å². The van der Waals surface area contributed by atoms with E-state index >= 15 is 0 Å². The predicted octanol–water partition coefficient (Wildman–Crippen LogP) is 4.65. The zero-order valence-electron chi connectivity index (χ0n) is 16.0. The zero-order chi connectivity index (χ0) is 19.2. The predicted molar refractivity (Wildman–Crippen MR) is 110 cm³/mol. The fourth-order valence-corrected chi connectivity index (χ4v) is 4.34. The van der Waals surface area contributed by atoms with Crippen LogP contribution >= 0.6 is 11.8 Å².